The molecule has 0 bridgehead atoms. The van der Waals surface area contributed by atoms with E-state index in [9.17, 15) is 5.11 Å². The van der Waals surface area contributed by atoms with Crippen molar-refractivity contribution in [2.75, 3.05) is 26.2 Å². The van der Waals surface area contributed by atoms with Crippen LogP contribution in [0.1, 0.15) is 24.1 Å². The third-order valence-corrected chi connectivity index (χ3v) is 7.21. The van der Waals surface area contributed by atoms with E-state index in [-0.39, 0.29) is 6.10 Å². The monoisotopic (exact) mass is 395 g/mol. The molecular weight excluding hydrogens is 370 g/mol. The first-order valence-electron chi connectivity index (χ1n) is 10.0. The van der Waals surface area contributed by atoms with Gasteiger partial charge in [-0.3, -0.25) is 0 Å². The van der Waals surface area contributed by atoms with Gasteiger partial charge in [0, 0.05) is 35.6 Å². The summed E-state index contributed by atoms with van der Waals surface area (Å²) in [5.41, 5.74) is -0.691. The Bertz CT molecular complexity index is 928. The van der Waals surface area contributed by atoms with Crippen LogP contribution < -0.4 is 9.47 Å². The van der Waals surface area contributed by atoms with Crippen molar-refractivity contribution in [3.63, 3.8) is 0 Å². The molecule has 146 valence electrons. The van der Waals surface area contributed by atoms with E-state index in [0.717, 1.165) is 55.3 Å². The van der Waals surface area contributed by atoms with Gasteiger partial charge in [-0.1, -0.05) is 30.3 Å². The van der Waals surface area contributed by atoms with Crippen LogP contribution in [0, 0.1) is 0 Å². The van der Waals surface area contributed by atoms with Gasteiger partial charge in [0.25, 0.3) is 0 Å². The summed E-state index contributed by atoms with van der Waals surface area (Å²) in [6, 6.07) is 18.4. The zero-order chi connectivity index (χ0) is 19.0. The Kier molecular flexibility index (Phi) is 4.75. The number of fused-ring (bicyclic) bond motifs is 2. The second-order valence-electron chi connectivity index (χ2n) is 7.81. The quantitative estimate of drug-likeness (QED) is 0.710. The number of thiophene rings is 1. The van der Waals surface area contributed by atoms with Crippen LogP contribution in [0.15, 0.2) is 54.6 Å². The molecule has 1 N–H and O–H groups in total. The minimum absolute atomic E-state index is 0.0957. The SMILES string of the molecule is OC1(c2cc3ccccc3s2)CCN(CCC2COc3ccccc3O2)CC1. The molecule has 28 heavy (non-hydrogen) atoms. The largest absolute Gasteiger partial charge is 0.486 e. The van der Waals surface area contributed by atoms with Gasteiger partial charge in [-0.15, -0.1) is 11.3 Å². The summed E-state index contributed by atoms with van der Waals surface area (Å²) in [6.45, 7) is 3.40. The predicted molar refractivity (Wildman–Crippen MR) is 112 cm³/mol. The third-order valence-electron chi connectivity index (χ3n) is 5.90. The first-order chi connectivity index (χ1) is 13.7. The fourth-order valence-electron chi connectivity index (χ4n) is 4.14. The maximum atomic E-state index is 11.2. The molecule has 5 rings (SSSR count). The third kappa shape index (κ3) is 3.50. The van der Waals surface area contributed by atoms with E-state index >= 15 is 0 Å². The molecule has 0 amide bonds. The number of ether oxygens (including phenoxy) is 2. The molecule has 4 nitrogen and oxygen atoms in total. The molecule has 1 fully saturated rings. The van der Waals surface area contributed by atoms with Crippen molar-refractivity contribution >= 4 is 21.4 Å². The normalized spacial score (nSPS) is 21.7. The average molecular weight is 396 g/mol. The van der Waals surface area contributed by atoms with Gasteiger partial charge in [-0.25, -0.2) is 0 Å². The van der Waals surface area contributed by atoms with Crippen molar-refractivity contribution in [2.45, 2.75) is 31.0 Å². The highest BCUT2D eigenvalue weighted by Gasteiger charge is 2.35. The molecule has 2 aliphatic heterocycles. The number of para-hydroxylation sites is 2. The summed E-state index contributed by atoms with van der Waals surface area (Å²) >= 11 is 1.73. The molecule has 1 aromatic heterocycles. The molecule has 0 aliphatic carbocycles. The van der Waals surface area contributed by atoms with Crippen molar-refractivity contribution in [3.8, 4) is 11.5 Å². The summed E-state index contributed by atoms with van der Waals surface area (Å²) in [6.07, 6.45) is 2.60. The highest BCUT2D eigenvalue weighted by atomic mass is 32.1. The maximum absolute atomic E-state index is 11.2. The van der Waals surface area contributed by atoms with Crippen LogP contribution in [0.5, 0.6) is 11.5 Å². The molecule has 2 aromatic carbocycles. The van der Waals surface area contributed by atoms with Gasteiger partial charge in [0.1, 0.15) is 18.3 Å². The van der Waals surface area contributed by atoms with E-state index < -0.39 is 5.60 Å². The second kappa shape index (κ2) is 7.39. The molecule has 0 radical (unpaired) electrons. The Hall–Kier alpha value is -2.08. The van der Waals surface area contributed by atoms with Gasteiger partial charge < -0.3 is 19.5 Å². The molecule has 3 heterocycles. The molecule has 5 heteroatoms. The summed E-state index contributed by atoms with van der Waals surface area (Å²) in [5, 5.41) is 12.5. The molecule has 1 saturated heterocycles. The van der Waals surface area contributed by atoms with E-state index in [4.69, 9.17) is 9.47 Å². The molecule has 3 aromatic rings. The lowest BCUT2D eigenvalue weighted by molar-refractivity contribution is -0.0261. The fraction of sp³-hybridized carbons (Fsp3) is 0.391. The number of aliphatic hydroxyl groups is 1. The summed E-state index contributed by atoms with van der Waals surface area (Å²) in [4.78, 5) is 3.54. The number of rotatable bonds is 4. The van der Waals surface area contributed by atoms with Crippen LogP contribution in [0.3, 0.4) is 0 Å². The smallest absolute Gasteiger partial charge is 0.161 e. The van der Waals surface area contributed by atoms with Crippen LogP contribution in [-0.2, 0) is 5.60 Å². The Morgan fingerprint density at radius 2 is 1.79 bits per heavy atom. The summed E-state index contributed by atoms with van der Waals surface area (Å²) in [5.74, 6) is 1.68. The van der Waals surface area contributed by atoms with E-state index in [1.807, 2.05) is 24.3 Å². The Morgan fingerprint density at radius 1 is 1.04 bits per heavy atom. The van der Waals surface area contributed by atoms with Gasteiger partial charge in [-0.2, -0.15) is 0 Å². The van der Waals surface area contributed by atoms with E-state index in [0.29, 0.717) is 6.61 Å². The summed E-state index contributed by atoms with van der Waals surface area (Å²) in [7, 11) is 0. The Balaban J connectivity index is 1.16. The molecule has 1 unspecified atom stereocenters. The van der Waals surface area contributed by atoms with Crippen molar-refractivity contribution in [2.24, 2.45) is 0 Å². The molecule has 2 aliphatic rings. The second-order valence-corrected chi connectivity index (χ2v) is 8.89. The highest BCUT2D eigenvalue weighted by Crippen LogP contribution is 2.39. The Labute approximate surface area is 169 Å². The lowest BCUT2D eigenvalue weighted by atomic mass is 9.89. The van der Waals surface area contributed by atoms with Gasteiger partial charge in [0.2, 0.25) is 0 Å². The summed E-state index contributed by atoms with van der Waals surface area (Å²) < 4.78 is 13.1. The van der Waals surface area contributed by atoms with Gasteiger partial charge in [-0.05, 0) is 42.5 Å². The first kappa shape index (κ1) is 18.0. The van der Waals surface area contributed by atoms with Crippen LogP contribution in [0.2, 0.25) is 0 Å². The van der Waals surface area contributed by atoms with E-state index in [2.05, 4.69) is 35.2 Å². The number of hydrogen-bond acceptors (Lipinski definition) is 5. The number of likely N-dealkylation sites (tertiary alicyclic amines) is 1. The minimum Gasteiger partial charge on any atom is -0.486 e. The van der Waals surface area contributed by atoms with E-state index in [1.54, 1.807) is 11.3 Å². The lowest BCUT2D eigenvalue weighted by Crippen LogP contribution is -2.43. The maximum Gasteiger partial charge on any atom is 0.161 e. The van der Waals surface area contributed by atoms with Crippen LogP contribution in [0.25, 0.3) is 10.1 Å². The topological polar surface area (TPSA) is 41.9 Å². The van der Waals surface area contributed by atoms with Gasteiger partial charge >= 0.3 is 0 Å². The predicted octanol–water partition coefficient (Wildman–Crippen LogP) is 4.41. The number of hydrogen-bond donors (Lipinski definition) is 1. The Morgan fingerprint density at radius 3 is 2.61 bits per heavy atom. The molecule has 0 spiro atoms. The first-order valence-corrected chi connectivity index (χ1v) is 10.8. The minimum atomic E-state index is -0.691. The average Bonchev–Trinajstić information content (AvgIpc) is 3.18. The number of benzene rings is 2. The standard InChI is InChI=1S/C23H25NO3S/c25-23(22-15-17-5-1-4-8-21(17)28-22)10-13-24(14-11-23)12-9-18-16-26-19-6-2-3-7-20(19)27-18/h1-8,15,18,25H,9-14,16H2. The van der Waals surface area contributed by atoms with Gasteiger partial charge in [0.15, 0.2) is 11.5 Å². The highest BCUT2D eigenvalue weighted by molar-refractivity contribution is 7.19. The van der Waals surface area contributed by atoms with Crippen LogP contribution >= 0.6 is 11.3 Å². The van der Waals surface area contributed by atoms with Crippen molar-refractivity contribution < 1.29 is 14.6 Å². The number of piperidine rings is 1. The van der Waals surface area contributed by atoms with E-state index in [1.165, 1.54) is 10.1 Å². The van der Waals surface area contributed by atoms with Crippen molar-refractivity contribution in [1.29, 1.82) is 0 Å². The lowest BCUT2D eigenvalue weighted by Gasteiger charge is -2.38. The molecule has 0 saturated carbocycles. The number of nitrogens with zero attached hydrogens (tertiary/aromatic N) is 1. The molecule has 1 atom stereocenters. The fourth-order valence-corrected chi connectivity index (χ4v) is 5.34. The van der Waals surface area contributed by atoms with Crippen molar-refractivity contribution in [3.05, 3.63) is 59.5 Å². The van der Waals surface area contributed by atoms with Crippen LogP contribution in [-0.4, -0.2) is 42.4 Å². The zero-order valence-corrected chi connectivity index (χ0v) is 16.7. The van der Waals surface area contributed by atoms with Crippen molar-refractivity contribution in [1.82, 2.24) is 4.90 Å². The van der Waals surface area contributed by atoms with Gasteiger partial charge in [0.05, 0.1) is 0 Å². The zero-order valence-electron chi connectivity index (χ0n) is 15.8. The molecular formula is C23H25NO3S. The van der Waals surface area contributed by atoms with Crippen LogP contribution in [0.4, 0.5) is 0 Å².